The predicted molar refractivity (Wildman–Crippen MR) is 63.1 cm³/mol. The van der Waals surface area contributed by atoms with Crippen molar-refractivity contribution in [2.75, 3.05) is 0 Å². The van der Waals surface area contributed by atoms with E-state index in [1.165, 1.54) is 0 Å². The molecule has 0 saturated heterocycles. The Morgan fingerprint density at radius 3 is 3.06 bits per heavy atom. The molecule has 0 N–H and O–H groups in total. The van der Waals surface area contributed by atoms with Crippen molar-refractivity contribution in [1.82, 2.24) is 14.4 Å². The van der Waals surface area contributed by atoms with E-state index in [1.807, 2.05) is 28.8 Å². The Morgan fingerprint density at radius 2 is 2.18 bits per heavy atom. The van der Waals surface area contributed by atoms with E-state index in [1.54, 1.807) is 24.7 Å². The van der Waals surface area contributed by atoms with Crippen LogP contribution >= 0.6 is 0 Å². The highest BCUT2D eigenvalue weighted by atomic mass is 15.0. The van der Waals surface area contributed by atoms with Crippen LogP contribution in [0.3, 0.4) is 0 Å². The van der Waals surface area contributed by atoms with Gasteiger partial charge in [-0.25, -0.2) is 4.98 Å². The summed E-state index contributed by atoms with van der Waals surface area (Å²) in [5.74, 6) is 0. The smallest absolute Gasteiger partial charge is 0.155 e. The lowest BCUT2D eigenvalue weighted by atomic mass is 10.1. The van der Waals surface area contributed by atoms with Gasteiger partial charge in [0.25, 0.3) is 0 Å². The third-order valence-corrected chi connectivity index (χ3v) is 2.60. The van der Waals surface area contributed by atoms with Crippen LogP contribution in [-0.2, 0) is 0 Å². The number of nitrogens with zero attached hydrogens (tertiary/aromatic N) is 4. The minimum absolute atomic E-state index is 0.645. The molecule has 17 heavy (non-hydrogen) atoms. The Balaban J connectivity index is 2.24. The lowest BCUT2D eigenvalue weighted by Gasteiger charge is -2.01. The molecule has 3 aromatic rings. The fourth-order valence-electron chi connectivity index (χ4n) is 1.80. The van der Waals surface area contributed by atoms with Crippen molar-refractivity contribution >= 4 is 5.65 Å². The van der Waals surface area contributed by atoms with E-state index >= 15 is 0 Å². The summed E-state index contributed by atoms with van der Waals surface area (Å²) in [5.41, 5.74) is 3.37. The van der Waals surface area contributed by atoms with Crippen molar-refractivity contribution in [1.29, 1.82) is 5.26 Å². The number of fused-ring (bicyclic) bond motifs is 1. The van der Waals surface area contributed by atoms with E-state index in [4.69, 9.17) is 5.26 Å². The van der Waals surface area contributed by atoms with Gasteiger partial charge in [0.1, 0.15) is 0 Å². The third kappa shape index (κ3) is 1.54. The Morgan fingerprint density at radius 1 is 1.24 bits per heavy atom. The zero-order chi connectivity index (χ0) is 11.7. The average molecular weight is 220 g/mol. The molecule has 0 aliphatic heterocycles. The molecule has 0 aliphatic carbocycles. The standard InChI is InChI=1S/C13H8N4/c14-7-10-2-1-3-11(6-10)12-8-16-13-9-15-4-5-17(12)13/h1-6,8-9H. The second-order valence-corrected chi connectivity index (χ2v) is 3.64. The van der Waals surface area contributed by atoms with Crippen molar-refractivity contribution in [3.05, 3.63) is 54.6 Å². The van der Waals surface area contributed by atoms with Crippen molar-refractivity contribution in [2.24, 2.45) is 0 Å². The predicted octanol–water partition coefficient (Wildman–Crippen LogP) is 2.27. The molecule has 0 bridgehead atoms. The van der Waals surface area contributed by atoms with Crippen molar-refractivity contribution in [3.63, 3.8) is 0 Å². The quantitative estimate of drug-likeness (QED) is 0.632. The maximum atomic E-state index is 8.89. The van der Waals surface area contributed by atoms with Crippen LogP contribution in [0.1, 0.15) is 5.56 Å². The molecule has 0 radical (unpaired) electrons. The monoisotopic (exact) mass is 220 g/mol. The molecule has 1 aromatic carbocycles. The Bertz CT molecular complexity index is 721. The molecule has 2 aromatic heterocycles. The average Bonchev–Trinajstić information content (AvgIpc) is 2.82. The SMILES string of the molecule is N#Cc1cccc(-c2cnc3cnccn23)c1. The summed E-state index contributed by atoms with van der Waals surface area (Å²) in [6.45, 7) is 0. The van der Waals surface area contributed by atoms with Gasteiger partial charge in [0, 0.05) is 18.0 Å². The molecule has 0 spiro atoms. The van der Waals surface area contributed by atoms with Gasteiger partial charge in [-0.15, -0.1) is 0 Å². The Labute approximate surface area is 97.8 Å². The first-order valence-corrected chi connectivity index (χ1v) is 5.16. The van der Waals surface area contributed by atoms with Gasteiger partial charge in [-0.1, -0.05) is 12.1 Å². The Kier molecular flexibility index (Phi) is 2.09. The second kappa shape index (κ2) is 3.72. The van der Waals surface area contributed by atoms with Gasteiger partial charge >= 0.3 is 0 Å². The van der Waals surface area contributed by atoms with E-state index in [-0.39, 0.29) is 0 Å². The zero-order valence-electron chi connectivity index (χ0n) is 8.91. The minimum Gasteiger partial charge on any atom is -0.297 e. The summed E-state index contributed by atoms with van der Waals surface area (Å²) in [6.07, 6.45) is 7.06. The molecular formula is C13H8N4. The van der Waals surface area contributed by atoms with E-state index in [0.717, 1.165) is 16.9 Å². The first-order chi connectivity index (χ1) is 8.38. The van der Waals surface area contributed by atoms with Gasteiger partial charge in [0.15, 0.2) is 5.65 Å². The molecule has 2 heterocycles. The lowest BCUT2D eigenvalue weighted by molar-refractivity contribution is 1.13. The number of benzene rings is 1. The summed E-state index contributed by atoms with van der Waals surface area (Å²) in [5, 5.41) is 8.89. The number of aromatic nitrogens is 3. The number of nitriles is 1. The van der Waals surface area contributed by atoms with Crippen LogP contribution in [-0.4, -0.2) is 14.4 Å². The van der Waals surface area contributed by atoms with Crippen LogP contribution in [0.15, 0.2) is 49.1 Å². The lowest BCUT2D eigenvalue weighted by Crippen LogP contribution is -1.88. The van der Waals surface area contributed by atoms with Gasteiger partial charge in [-0.3, -0.25) is 9.38 Å². The van der Waals surface area contributed by atoms with Crippen molar-refractivity contribution in [2.45, 2.75) is 0 Å². The Hall–Kier alpha value is -2.67. The van der Waals surface area contributed by atoms with E-state index < -0.39 is 0 Å². The van der Waals surface area contributed by atoms with Gasteiger partial charge < -0.3 is 0 Å². The maximum absolute atomic E-state index is 8.89. The number of rotatable bonds is 1. The fourth-order valence-corrected chi connectivity index (χ4v) is 1.80. The minimum atomic E-state index is 0.645. The number of hydrogen-bond donors (Lipinski definition) is 0. The largest absolute Gasteiger partial charge is 0.297 e. The van der Waals surface area contributed by atoms with Crippen LogP contribution in [0.2, 0.25) is 0 Å². The molecule has 0 aliphatic rings. The summed E-state index contributed by atoms with van der Waals surface area (Å²) < 4.78 is 1.95. The molecule has 3 rings (SSSR count). The highest BCUT2D eigenvalue weighted by Gasteiger charge is 2.05. The topological polar surface area (TPSA) is 54.0 Å². The van der Waals surface area contributed by atoms with Crippen LogP contribution in [0, 0.1) is 11.3 Å². The van der Waals surface area contributed by atoms with E-state index in [2.05, 4.69) is 16.0 Å². The highest BCUT2D eigenvalue weighted by molar-refractivity contribution is 5.64. The van der Waals surface area contributed by atoms with Crippen LogP contribution < -0.4 is 0 Å². The first-order valence-electron chi connectivity index (χ1n) is 5.16. The first kappa shape index (κ1) is 9.55. The van der Waals surface area contributed by atoms with Crippen molar-refractivity contribution < 1.29 is 0 Å². The molecule has 80 valence electrons. The van der Waals surface area contributed by atoms with Crippen LogP contribution in [0.5, 0.6) is 0 Å². The van der Waals surface area contributed by atoms with Crippen LogP contribution in [0.25, 0.3) is 16.9 Å². The molecular weight excluding hydrogens is 212 g/mol. The molecule has 4 heteroatoms. The van der Waals surface area contributed by atoms with Gasteiger partial charge in [-0.2, -0.15) is 5.26 Å². The molecule has 0 atom stereocenters. The van der Waals surface area contributed by atoms with Gasteiger partial charge in [0.2, 0.25) is 0 Å². The molecule has 4 nitrogen and oxygen atoms in total. The normalized spacial score (nSPS) is 10.3. The number of hydrogen-bond acceptors (Lipinski definition) is 3. The van der Waals surface area contributed by atoms with E-state index in [9.17, 15) is 0 Å². The van der Waals surface area contributed by atoms with E-state index in [0.29, 0.717) is 5.56 Å². The van der Waals surface area contributed by atoms with Gasteiger partial charge in [-0.05, 0) is 12.1 Å². The summed E-state index contributed by atoms with van der Waals surface area (Å²) in [6, 6.07) is 9.60. The zero-order valence-corrected chi connectivity index (χ0v) is 8.91. The molecule has 0 unspecified atom stereocenters. The summed E-state index contributed by atoms with van der Waals surface area (Å²) in [4.78, 5) is 8.29. The summed E-state index contributed by atoms with van der Waals surface area (Å²) >= 11 is 0. The third-order valence-electron chi connectivity index (χ3n) is 2.60. The highest BCUT2D eigenvalue weighted by Crippen LogP contribution is 2.20. The molecule has 0 fully saturated rings. The number of imidazole rings is 1. The van der Waals surface area contributed by atoms with Crippen LogP contribution in [0.4, 0.5) is 0 Å². The van der Waals surface area contributed by atoms with Crippen molar-refractivity contribution in [3.8, 4) is 17.3 Å². The molecule has 0 amide bonds. The second-order valence-electron chi connectivity index (χ2n) is 3.64. The fraction of sp³-hybridized carbons (Fsp3) is 0. The van der Waals surface area contributed by atoms with Gasteiger partial charge in [0.05, 0.1) is 29.7 Å². The summed E-state index contributed by atoms with van der Waals surface area (Å²) in [7, 11) is 0. The molecule has 0 saturated carbocycles. The maximum Gasteiger partial charge on any atom is 0.155 e.